The van der Waals surface area contributed by atoms with E-state index in [9.17, 15) is 14.7 Å². The maximum absolute atomic E-state index is 12.2. The Bertz CT molecular complexity index is 312. The van der Waals surface area contributed by atoms with Crippen LogP contribution in [0.25, 0.3) is 0 Å². The van der Waals surface area contributed by atoms with Crippen LogP contribution in [-0.4, -0.2) is 22.5 Å². The minimum absolute atomic E-state index is 0.0828. The van der Waals surface area contributed by atoms with Crippen molar-refractivity contribution in [3.8, 4) is 0 Å². The largest absolute Gasteiger partial charge is 0.481 e. The molecule has 104 valence electrons. The normalized spacial score (nSPS) is 24.6. The van der Waals surface area contributed by atoms with E-state index in [4.69, 9.17) is 0 Å². The van der Waals surface area contributed by atoms with Gasteiger partial charge in [0.25, 0.3) is 0 Å². The van der Waals surface area contributed by atoms with E-state index in [1.165, 1.54) is 0 Å². The summed E-state index contributed by atoms with van der Waals surface area (Å²) in [6, 6.07) is 0. The molecule has 1 aliphatic carbocycles. The Morgan fingerprint density at radius 3 is 2.28 bits per heavy atom. The molecule has 0 bridgehead atoms. The Kier molecular flexibility index (Phi) is 5.17. The number of carbonyl (C=O) groups is 2. The summed E-state index contributed by atoms with van der Waals surface area (Å²) < 4.78 is 0. The van der Waals surface area contributed by atoms with Crippen molar-refractivity contribution in [1.82, 2.24) is 5.32 Å². The highest BCUT2D eigenvalue weighted by Gasteiger charge is 2.37. The third kappa shape index (κ3) is 4.00. The quantitative estimate of drug-likeness (QED) is 0.793. The molecule has 1 saturated carbocycles. The lowest BCUT2D eigenvalue weighted by Crippen LogP contribution is -2.49. The van der Waals surface area contributed by atoms with Gasteiger partial charge < -0.3 is 10.4 Å². The van der Waals surface area contributed by atoms with Gasteiger partial charge in [-0.15, -0.1) is 0 Å². The van der Waals surface area contributed by atoms with Gasteiger partial charge in [0.05, 0.1) is 11.8 Å². The molecular formula is C14H25NO3. The van der Waals surface area contributed by atoms with Crippen molar-refractivity contribution in [3.05, 3.63) is 0 Å². The van der Waals surface area contributed by atoms with Gasteiger partial charge in [-0.05, 0) is 33.1 Å². The van der Waals surface area contributed by atoms with Crippen molar-refractivity contribution in [3.63, 3.8) is 0 Å². The summed E-state index contributed by atoms with van der Waals surface area (Å²) in [5, 5.41) is 12.2. The van der Waals surface area contributed by atoms with Crippen LogP contribution in [0.15, 0.2) is 0 Å². The Morgan fingerprint density at radius 2 is 1.78 bits per heavy atom. The first kappa shape index (κ1) is 15.0. The van der Waals surface area contributed by atoms with Crippen molar-refractivity contribution in [2.45, 2.75) is 64.8 Å². The molecule has 0 radical (unpaired) electrons. The molecule has 0 aromatic heterocycles. The van der Waals surface area contributed by atoms with Crippen molar-refractivity contribution in [2.24, 2.45) is 11.8 Å². The van der Waals surface area contributed by atoms with Crippen LogP contribution in [0.3, 0.4) is 0 Å². The van der Waals surface area contributed by atoms with Crippen molar-refractivity contribution in [1.29, 1.82) is 0 Å². The number of hydrogen-bond donors (Lipinski definition) is 2. The standard InChI is InChI=1S/C14H25NO3/c1-4-9-14(2,3)15-12(16)10-7-5-6-8-11(10)13(17)18/h10-11H,4-9H2,1-3H3,(H,15,16)(H,17,18)/t10-,11+/m1/s1. The molecule has 0 spiro atoms. The second-order valence-electron chi connectivity index (χ2n) is 5.96. The topological polar surface area (TPSA) is 66.4 Å². The molecule has 0 aromatic carbocycles. The van der Waals surface area contributed by atoms with Crippen LogP contribution in [-0.2, 0) is 9.59 Å². The minimum Gasteiger partial charge on any atom is -0.481 e. The van der Waals surface area contributed by atoms with Gasteiger partial charge in [0.15, 0.2) is 0 Å². The summed E-state index contributed by atoms with van der Waals surface area (Å²) in [4.78, 5) is 23.4. The molecule has 4 heteroatoms. The highest BCUT2D eigenvalue weighted by Crippen LogP contribution is 2.31. The molecular weight excluding hydrogens is 230 g/mol. The van der Waals surface area contributed by atoms with Crippen LogP contribution in [0.1, 0.15) is 59.3 Å². The first-order chi connectivity index (χ1) is 8.37. The van der Waals surface area contributed by atoms with Crippen LogP contribution in [0.2, 0.25) is 0 Å². The number of carboxylic acids is 1. The highest BCUT2D eigenvalue weighted by molar-refractivity contribution is 5.85. The average Bonchev–Trinajstić information content (AvgIpc) is 2.28. The zero-order valence-corrected chi connectivity index (χ0v) is 11.7. The number of carbonyl (C=O) groups excluding carboxylic acids is 1. The SMILES string of the molecule is CCCC(C)(C)NC(=O)[C@@H]1CCCC[C@@H]1C(=O)O. The Hall–Kier alpha value is -1.06. The number of carboxylic acid groups (broad SMARTS) is 1. The van der Waals surface area contributed by atoms with E-state index in [2.05, 4.69) is 12.2 Å². The molecule has 1 aliphatic rings. The van der Waals surface area contributed by atoms with Gasteiger partial charge in [0.1, 0.15) is 0 Å². The molecule has 4 nitrogen and oxygen atoms in total. The van der Waals surface area contributed by atoms with E-state index in [0.717, 1.165) is 25.7 Å². The fourth-order valence-corrected chi connectivity index (χ4v) is 2.85. The maximum Gasteiger partial charge on any atom is 0.307 e. The third-order valence-electron chi connectivity index (χ3n) is 3.76. The predicted molar refractivity (Wildman–Crippen MR) is 70.2 cm³/mol. The number of hydrogen-bond acceptors (Lipinski definition) is 2. The van der Waals surface area contributed by atoms with Crippen molar-refractivity contribution < 1.29 is 14.7 Å². The summed E-state index contributed by atoms with van der Waals surface area (Å²) in [5.41, 5.74) is -0.244. The number of nitrogens with one attached hydrogen (secondary N) is 1. The van der Waals surface area contributed by atoms with Crippen molar-refractivity contribution in [2.75, 3.05) is 0 Å². The van der Waals surface area contributed by atoms with E-state index in [1.807, 2.05) is 13.8 Å². The Morgan fingerprint density at radius 1 is 1.22 bits per heavy atom. The van der Waals surface area contributed by atoms with E-state index >= 15 is 0 Å². The van der Waals surface area contributed by atoms with Gasteiger partial charge in [-0.1, -0.05) is 26.2 Å². The first-order valence-corrected chi connectivity index (χ1v) is 6.92. The fourth-order valence-electron chi connectivity index (χ4n) is 2.85. The van der Waals surface area contributed by atoms with Gasteiger partial charge >= 0.3 is 5.97 Å². The summed E-state index contributed by atoms with van der Waals surface area (Å²) in [6.07, 6.45) is 5.10. The number of rotatable bonds is 5. The van der Waals surface area contributed by atoms with Crippen LogP contribution in [0.5, 0.6) is 0 Å². The number of amides is 1. The predicted octanol–water partition coefficient (Wildman–Crippen LogP) is 2.57. The molecule has 0 aromatic rings. The van der Waals surface area contributed by atoms with Gasteiger partial charge in [-0.2, -0.15) is 0 Å². The fraction of sp³-hybridized carbons (Fsp3) is 0.857. The lowest BCUT2D eigenvalue weighted by Gasteiger charge is -2.32. The zero-order valence-electron chi connectivity index (χ0n) is 11.7. The summed E-state index contributed by atoms with van der Waals surface area (Å²) in [7, 11) is 0. The molecule has 2 atom stereocenters. The monoisotopic (exact) mass is 255 g/mol. The molecule has 0 saturated heterocycles. The molecule has 2 N–H and O–H groups in total. The van der Waals surface area contributed by atoms with E-state index in [1.54, 1.807) is 0 Å². The van der Waals surface area contributed by atoms with Gasteiger partial charge in [0, 0.05) is 5.54 Å². The van der Waals surface area contributed by atoms with E-state index in [-0.39, 0.29) is 17.4 Å². The summed E-state index contributed by atoms with van der Waals surface area (Å²) in [5.74, 6) is -1.77. The maximum atomic E-state index is 12.2. The third-order valence-corrected chi connectivity index (χ3v) is 3.76. The first-order valence-electron chi connectivity index (χ1n) is 6.92. The molecule has 1 fully saturated rings. The molecule has 0 heterocycles. The number of aliphatic carboxylic acids is 1. The van der Waals surface area contributed by atoms with E-state index in [0.29, 0.717) is 12.8 Å². The van der Waals surface area contributed by atoms with E-state index < -0.39 is 11.9 Å². The van der Waals surface area contributed by atoms with Crippen LogP contribution in [0, 0.1) is 11.8 Å². The highest BCUT2D eigenvalue weighted by atomic mass is 16.4. The summed E-state index contributed by atoms with van der Waals surface area (Å²) >= 11 is 0. The smallest absolute Gasteiger partial charge is 0.307 e. The average molecular weight is 255 g/mol. The molecule has 1 rings (SSSR count). The second-order valence-corrected chi connectivity index (χ2v) is 5.96. The Labute approximate surface area is 109 Å². The lowest BCUT2D eigenvalue weighted by atomic mass is 9.78. The molecule has 1 amide bonds. The van der Waals surface area contributed by atoms with Crippen molar-refractivity contribution >= 4 is 11.9 Å². The minimum atomic E-state index is -0.830. The zero-order chi connectivity index (χ0) is 13.8. The van der Waals surface area contributed by atoms with Gasteiger partial charge in [-0.3, -0.25) is 9.59 Å². The van der Waals surface area contributed by atoms with Crippen LogP contribution in [0.4, 0.5) is 0 Å². The molecule has 18 heavy (non-hydrogen) atoms. The molecule has 0 unspecified atom stereocenters. The second kappa shape index (κ2) is 6.21. The van der Waals surface area contributed by atoms with Crippen LogP contribution >= 0.6 is 0 Å². The summed E-state index contributed by atoms with van der Waals surface area (Å²) in [6.45, 7) is 6.06. The van der Waals surface area contributed by atoms with Gasteiger partial charge in [0.2, 0.25) is 5.91 Å². The van der Waals surface area contributed by atoms with Gasteiger partial charge in [-0.25, -0.2) is 0 Å². The van der Waals surface area contributed by atoms with Crippen LogP contribution < -0.4 is 5.32 Å². The Balaban J connectivity index is 2.66. The molecule has 0 aliphatic heterocycles. The lowest BCUT2D eigenvalue weighted by molar-refractivity contribution is -0.149.